The maximum atomic E-state index is 12.1. The fourth-order valence-corrected chi connectivity index (χ4v) is 2.35. The smallest absolute Gasteiger partial charge is 0.343 e. The number of hydrogen-bond acceptors (Lipinski definition) is 6. The second-order valence-electron chi connectivity index (χ2n) is 4.51. The molecule has 1 aliphatic heterocycles. The first-order chi connectivity index (χ1) is 10.4. The van der Waals surface area contributed by atoms with Gasteiger partial charge < -0.3 is 10.1 Å². The first-order valence-electron chi connectivity index (χ1n) is 6.60. The summed E-state index contributed by atoms with van der Waals surface area (Å²) in [5.41, 5.74) is 0.690. The average molecular weight is 324 g/mol. The molecule has 2 rings (SSSR count). The summed E-state index contributed by atoms with van der Waals surface area (Å²) in [7, 11) is 0. The van der Waals surface area contributed by atoms with Crippen molar-refractivity contribution < 1.29 is 14.5 Å². The highest BCUT2D eigenvalue weighted by atomic mass is 35.5. The number of non-ortho nitro benzene ring substituents is 1. The van der Waals surface area contributed by atoms with Crippen molar-refractivity contribution in [1.29, 1.82) is 0 Å². The molecule has 1 heterocycles. The van der Waals surface area contributed by atoms with E-state index in [0.717, 1.165) is 0 Å². The van der Waals surface area contributed by atoms with Crippen molar-refractivity contribution in [1.82, 2.24) is 5.32 Å². The largest absolute Gasteiger partial charge is 0.462 e. The molecule has 8 heteroatoms. The molecule has 1 unspecified atom stereocenters. The Kier molecular flexibility index (Phi) is 4.77. The van der Waals surface area contributed by atoms with Gasteiger partial charge in [-0.1, -0.05) is 23.7 Å². The number of nitro benzene ring substituents is 1. The number of nitrogens with zero attached hydrogens (tertiary/aromatic N) is 2. The van der Waals surface area contributed by atoms with E-state index in [1.165, 1.54) is 18.2 Å². The number of hydrogen-bond donors (Lipinski definition) is 1. The van der Waals surface area contributed by atoms with Crippen molar-refractivity contribution in [3.63, 3.8) is 0 Å². The molecule has 1 aromatic rings. The molecule has 0 saturated heterocycles. The van der Waals surface area contributed by atoms with Gasteiger partial charge in [0.1, 0.15) is 16.9 Å². The van der Waals surface area contributed by atoms with Crippen molar-refractivity contribution in [3.05, 3.63) is 50.7 Å². The monoisotopic (exact) mass is 323 g/mol. The molecule has 0 aromatic heterocycles. The maximum absolute atomic E-state index is 12.1. The Morgan fingerprint density at radius 1 is 1.55 bits per heavy atom. The standard InChI is InChI=1S/C14H14ClN3O4/c1-3-22-14(19)11-12(16-8(2)17-13(11)15)9-5-4-6-10(7-9)18(20)21/h4-8,17H,3H2,1-2H3. The highest BCUT2D eigenvalue weighted by Gasteiger charge is 2.28. The van der Waals surface area contributed by atoms with Crippen LogP contribution in [-0.2, 0) is 9.53 Å². The normalized spacial score (nSPS) is 17.6. The van der Waals surface area contributed by atoms with Crippen LogP contribution in [0.1, 0.15) is 19.4 Å². The summed E-state index contributed by atoms with van der Waals surface area (Å²) in [5, 5.41) is 13.8. The molecular formula is C14H14ClN3O4. The van der Waals surface area contributed by atoms with Gasteiger partial charge in [-0.2, -0.15) is 0 Å². The lowest BCUT2D eigenvalue weighted by Crippen LogP contribution is -2.33. The van der Waals surface area contributed by atoms with E-state index in [0.29, 0.717) is 5.56 Å². The summed E-state index contributed by atoms with van der Waals surface area (Å²) in [6.45, 7) is 3.61. The number of esters is 1. The Morgan fingerprint density at radius 3 is 2.91 bits per heavy atom. The lowest BCUT2D eigenvalue weighted by Gasteiger charge is -2.22. The van der Waals surface area contributed by atoms with Crippen LogP contribution in [0.15, 0.2) is 40.0 Å². The molecule has 0 fully saturated rings. The summed E-state index contributed by atoms with van der Waals surface area (Å²) >= 11 is 6.11. The van der Waals surface area contributed by atoms with Gasteiger partial charge in [0, 0.05) is 17.7 Å². The first-order valence-corrected chi connectivity index (χ1v) is 6.98. The van der Waals surface area contributed by atoms with E-state index in [2.05, 4.69) is 10.3 Å². The van der Waals surface area contributed by atoms with Crippen LogP contribution >= 0.6 is 11.6 Å². The number of halogens is 1. The third-order valence-electron chi connectivity index (χ3n) is 2.92. The zero-order valence-electron chi connectivity index (χ0n) is 12.0. The van der Waals surface area contributed by atoms with Gasteiger partial charge in [-0.15, -0.1) is 0 Å². The number of ether oxygens (including phenoxy) is 1. The van der Waals surface area contributed by atoms with E-state index < -0.39 is 10.9 Å². The molecule has 0 radical (unpaired) electrons. The van der Waals surface area contributed by atoms with E-state index >= 15 is 0 Å². The molecule has 0 aliphatic carbocycles. The quantitative estimate of drug-likeness (QED) is 0.397. The topological polar surface area (TPSA) is 93.8 Å². The highest BCUT2D eigenvalue weighted by Crippen LogP contribution is 2.24. The van der Waals surface area contributed by atoms with E-state index in [9.17, 15) is 14.9 Å². The van der Waals surface area contributed by atoms with Gasteiger partial charge in [-0.3, -0.25) is 15.1 Å². The molecular weight excluding hydrogens is 310 g/mol. The van der Waals surface area contributed by atoms with Crippen molar-refractivity contribution in [3.8, 4) is 0 Å². The van der Waals surface area contributed by atoms with Gasteiger partial charge in [0.15, 0.2) is 0 Å². The van der Waals surface area contributed by atoms with E-state index in [1.807, 2.05) is 0 Å². The Morgan fingerprint density at radius 2 is 2.27 bits per heavy atom. The van der Waals surface area contributed by atoms with Crippen LogP contribution in [0.4, 0.5) is 5.69 Å². The zero-order valence-corrected chi connectivity index (χ0v) is 12.8. The predicted octanol–water partition coefficient (Wildman–Crippen LogP) is 2.35. The van der Waals surface area contributed by atoms with Crippen LogP contribution in [0.2, 0.25) is 0 Å². The fourth-order valence-electron chi connectivity index (χ4n) is 2.03. The van der Waals surface area contributed by atoms with Gasteiger partial charge in [-0.25, -0.2) is 4.79 Å². The SMILES string of the molecule is CCOC(=O)C1=C(Cl)NC(C)N=C1c1cccc([N+](=O)[O-])c1. The van der Waals surface area contributed by atoms with E-state index in [4.69, 9.17) is 16.3 Å². The third kappa shape index (κ3) is 3.25. The summed E-state index contributed by atoms with van der Waals surface area (Å²) in [6, 6.07) is 5.87. The summed E-state index contributed by atoms with van der Waals surface area (Å²) in [6.07, 6.45) is -0.361. The molecule has 0 bridgehead atoms. The first kappa shape index (κ1) is 16.0. The van der Waals surface area contributed by atoms with E-state index in [1.54, 1.807) is 19.9 Å². The number of carbonyl (C=O) groups is 1. The van der Waals surface area contributed by atoms with Gasteiger partial charge in [0.05, 0.1) is 17.2 Å². The Hall–Kier alpha value is -2.41. The third-order valence-corrected chi connectivity index (χ3v) is 3.22. The molecule has 1 aliphatic rings. The van der Waals surface area contributed by atoms with Gasteiger partial charge in [0.2, 0.25) is 0 Å². The van der Waals surface area contributed by atoms with E-state index in [-0.39, 0.29) is 34.9 Å². The molecule has 7 nitrogen and oxygen atoms in total. The summed E-state index contributed by atoms with van der Waals surface area (Å²) in [5.74, 6) is -0.628. The Balaban J connectivity index is 2.52. The number of rotatable bonds is 4. The van der Waals surface area contributed by atoms with Crippen molar-refractivity contribution >= 4 is 29.0 Å². The van der Waals surface area contributed by atoms with Crippen LogP contribution in [0.3, 0.4) is 0 Å². The lowest BCUT2D eigenvalue weighted by atomic mass is 10.0. The van der Waals surface area contributed by atoms with Crippen molar-refractivity contribution in [2.24, 2.45) is 4.99 Å². The molecule has 1 N–H and O–H groups in total. The average Bonchev–Trinajstić information content (AvgIpc) is 2.46. The second-order valence-corrected chi connectivity index (χ2v) is 4.89. The predicted molar refractivity (Wildman–Crippen MR) is 81.7 cm³/mol. The fraction of sp³-hybridized carbons (Fsp3) is 0.286. The maximum Gasteiger partial charge on any atom is 0.343 e. The second kappa shape index (κ2) is 6.57. The van der Waals surface area contributed by atoms with Gasteiger partial charge in [0.25, 0.3) is 5.69 Å². The zero-order chi connectivity index (χ0) is 16.3. The number of carbonyl (C=O) groups excluding carboxylic acids is 1. The van der Waals surface area contributed by atoms with Crippen LogP contribution in [0.25, 0.3) is 0 Å². The number of benzene rings is 1. The number of nitrogens with one attached hydrogen (secondary N) is 1. The minimum atomic E-state index is -0.628. The minimum Gasteiger partial charge on any atom is -0.462 e. The van der Waals surface area contributed by atoms with Gasteiger partial charge >= 0.3 is 5.97 Å². The van der Waals surface area contributed by atoms with Crippen LogP contribution in [0.5, 0.6) is 0 Å². The van der Waals surface area contributed by atoms with Crippen molar-refractivity contribution in [2.75, 3.05) is 6.61 Å². The minimum absolute atomic E-state index is 0.0714. The molecule has 116 valence electrons. The van der Waals surface area contributed by atoms with Crippen LogP contribution in [-0.4, -0.2) is 29.4 Å². The summed E-state index contributed by atoms with van der Waals surface area (Å²) in [4.78, 5) is 26.8. The Labute approximate surface area is 131 Å². The van der Waals surface area contributed by atoms with Gasteiger partial charge in [-0.05, 0) is 13.8 Å². The van der Waals surface area contributed by atoms with Crippen LogP contribution in [0, 0.1) is 10.1 Å². The van der Waals surface area contributed by atoms with Crippen LogP contribution < -0.4 is 5.32 Å². The molecule has 1 atom stereocenters. The molecule has 22 heavy (non-hydrogen) atoms. The number of aliphatic imine (C=N–C) groups is 1. The lowest BCUT2D eigenvalue weighted by molar-refractivity contribution is -0.384. The highest BCUT2D eigenvalue weighted by molar-refractivity contribution is 6.39. The molecule has 0 spiro atoms. The molecule has 0 saturated carbocycles. The molecule has 0 amide bonds. The van der Waals surface area contributed by atoms with Crippen molar-refractivity contribution in [2.45, 2.75) is 20.0 Å². The molecule has 1 aromatic carbocycles. The Bertz CT molecular complexity index is 684. The number of nitro groups is 1. The summed E-state index contributed by atoms with van der Waals surface area (Å²) < 4.78 is 4.98.